The highest BCUT2D eigenvalue weighted by Gasteiger charge is 2.47. The first kappa shape index (κ1) is 14.7. The first-order chi connectivity index (χ1) is 11.2. The summed E-state index contributed by atoms with van der Waals surface area (Å²) in [5.74, 6) is 1.27. The van der Waals surface area contributed by atoms with Crippen LogP contribution in [0.3, 0.4) is 0 Å². The Labute approximate surface area is 136 Å². The molecule has 0 aromatic heterocycles. The van der Waals surface area contributed by atoms with Crippen molar-refractivity contribution in [2.75, 3.05) is 13.1 Å². The molecule has 1 saturated heterocycles. The highest BCUT2D eigenvalue weighted by molar-refractivity contribution is 6.00. The number of carbonyl (C=O) groups excluding carboxylic acids is 2. The van der Waals surface area contributed by atoms with Gasteiger partial charge in [0.05, 0.1) is 18.5 Å². The van der Waals surface area contributed by atoms with Gasteiger partial charge >= 0.3 is 0 Å². The van der Waals surface area contributed by atoms with Crippen molar-refractivity contribution in [3.63, 3.8) is 0 Å². The van der Waals surface area contributed by atoms with E-state index < -0.39 is 5.60 Å². The molecule has 0 radical (unpaired) electrons. The lowest BCUT2D eigenvalue weighted by Gasteiger charge is -2.35. The topological polar surface area (TPSA) is 46.6 Å². The highest BCUT2D eigenvalue weighted by Crippen LogP contribution is 2.39. The lowest BCUT2D eigenvalue weighted by Crippen LogP contribution is -2.46. The molecule has 1 saturated carbocycles. The van der Waals surface area contributed by atoms with Crippen molar-refractivity contribution in [3.8, 4) is 5.75 Å². The predicted molar refractivity (Wildman–Crippen MR) is 86.5 cm³/mol. The second-order valence-corrected chi connectivity index (χ2v) is 7.23. The van der Waals surface area contributed by atoms with Crippen LogP contribution < -0.4 is 4.74 Å². The summed E-state index contributed by atoms with van der Waals surface area (Å²) in [6.45, 7) is 1.27. The summed E-state index contributed by atoms with van der Waals surface area (Å²) in [4.78, 5) is 27.1. The number of hydrogen-bond acceptors (Lipinski definition) is 3. The van der Waals surface area contributed by atoms with Gasteiger partial charge in [-0.05, 0) is 25.0 Å². The molecule has 1 unspecified atom stereocenters. The number of ether oxygens (including phenoxy) is 1. The zero-order chi connectivity index (χ0) is 15.9. The second-order valence-electron chi connectivity index (χ2n) is 7.23. The van der Waals surface area contributed by atoms with Crippen molar-refractivity contribution in [3.05, 3.63) is 29.8 Å². The molecule has 2 fully saturated rings. The van der Waals surface area contributed by atoms with Crippen LogP contribution in [-0.4, -0.2) is 35.3 Å². The van der Waals surface area contributed by atoms with Gasteiger partial charge in [0.2, 0.25) is 5.91 Å². The van der Waals surface area contributed by atoms with Crippen molar-refractivity contribution >= 4 is 11.7 Å². The smallest absolute Gasteiger partial charge is 0.225 e. The molecule has 2 aliphatic heterocycles. The van der Waals surface area contributed by atoms with Crippen molar-refractivity contribution < 1.29 is 14.3 Å². The quantitative estimate of drug-likeness (QED) is 0.800. The Balaban J connectivity index is 1.50. The molecule has 1 aliphatic carbocycles. The number of rotatable bonds is 1. The van der Waals surface area contributed by atoms with Crippen LogP contribution in [0.5, 0.6) is 5.75 Å². The molecule has 122 valence electrons. The van der Waals surface area contributed by atoms with Crippen LogP contribution in [0, 0.1) is 5.92 Å². The molecule has 23 heavy (non-hydrogen) atoms. The minimum absolute atomic E-state index is 0.138. The van der Waals surface area contributed by atoms with Crippen LogP contribution in [0.15, 0.2) is 24.3 Å². The summed E-state index contributed by atoms with van der Waals surface area (Å²) >= 11 is 0. The van der Waals surface area contributed by atoms with Gasteiger partial charge in [-0.25, -0.2) is 0 Å². The highest BCUT2D eigenvalue weighted by atomic mass is 16.5. The average molecular weight is 313 g/mol. The van der Waals surface area contributed by atoms with Crippen LogP contribution in [0.2, 0.25) is 0 Å². The Morgan fingerprint density at radius 3 is 2.78 bits per heavy atom. The summed E-state index contributed by atoms with van der Waals surface area (Å²) in [6.07, 6.45) is 6.76. The van der Waals surface area contributed by atoms with E-state index in [1.807, 2.05) is 29.2 Å². The number of likely N-dealkylation sites (tertiary alicyclic amines) is 1. The number of nitrogens with zero attached hydrogens (tertiary/aromatic N) is 1. The molecule has 4 heteroatoms. The Hall–Kier alpha value is -1.84. The Bertz CT molecular complexity index is 635. The van der Waals surface area contributed by atoms with E-state index in [-0.39, 0.29) is 17.6 Å². The molecular formula is C19H23NO3. The third kappa shape index (κ3) is 2.64. The molecule has 4 rings (SSSR count). The van der Waals surface area contributed by atoms with E-state index in [0.717, 1.165) is 32.1 Å². The first-order valence-electron chi connectivity index (χ1n) is 8.77. The zero-order valence-corrected chi connectivity index (χ0v) is 13.4. The molecule has 3 aliphatic rings. The number of para-hydroxylation sites is 1. The minimum atomic E-state index is -0.504. The Kier molecular flexibility index (Phi) is 3.63. The number of amides is 1. The van der Waals surface area contributed by atoms with Crippen LogP contribution in [0.1, 0.15) is 55.3 Å². The fourth-order valence-corrected chi connectivity index (χ4v) is 4.31. The normalized spacial score (nSPS) is 27.8. The van der Waals surface area contributed by atoms with Crippen LogP contribution in [0.25, 0.3) is 0 Å². The van der Waals surface area contributed by atoms with Crippen molar-refractivity contribution in [2.24, 2.45) is 5.92 Å². The molecular weight excluding hydrogens is 290 g/mol. The maximum atomic E-state index is 12.7. The maximum Gasteiger partial charge on any atom is 0.225 e. The van der Waals surface area contributed by atoms with Crippen LogP contribution in [0.4, 0.5) is 0 Å². The number of ketones is 1. The van der Waals surface area contributed by atoms with E-state index in [4.69, 9.17) is 4.74 Å². The Morgan fingerprint density at radius 2 is 1.96 bits per heavy atom. The van der Waals surface area contributed by atoms with E-state index in [0.29, 0.717) is 30.8 Å². The van der Waals surface area contributed by atoms with E-state index in [2.05, 4.69) is 0 Å². The van der Waals surface area contributed by atoms with E-state index in [1.165, 1.54) is 6.42 Å². The van der Waals surface area contributed by atoms with Gasteiger partial charge in [-0.15, -0.1) is 0 Å². The zero-order valence-electron chi connectivity index (χ0n) is 13.4. The third-order valence-corrected chi connectivity index (χ3v) is 5.58. The molecule has 0 N–H and O–H groups in total. The second kappa shape index (κ2) is 5.66. The third-order valence-electron chi connectivity index (χ3n) is 5.58. The molecule has 4 nitrogen and oxygen atoms in total. The monoisotopic (exact) mass is 313 g/mol. The number of Topliss-reactive ketones (excluding diaryl/α,β-unsaturated/α-hetero) is 1. The van der Waals surface area contributed by atoms with Gasteiger partial charge in [0.15, 0.2) is 5.78 Å². The van der Waals surface area contributed by atoms with Gasteiger partial charge in [-0.1, -0.05) is 31.4 Å². The summed E-state index contributed by atoms with van der Waals surface area (Å²) in [5.41, 5.74) is 0.172. The average Bonchev–Trinajstić information content (AvgIpc) is 2.98. The van der Waals surface area contributed by atoms with Gasteiger partial charge in [-0.3, -0.25) is 9.59 Å². The van der Waals surface area contributed by atoms with Gasteiger partial charge in [0, 0.05) is 18.9 Å². The lowest BCUT2D eigenvalue weighted by molar-refractivity contribution is -0.136. The largest absolute Gasteiger partial charge is 0.484 e. The van der Waals surface area contributed by atoms with Gasteiger partial charge in [0.1, 0.15) is 11.4 Å². The van der Waals surface area contributed by atoms with E-state index in [9.17, 15) is 9.59 Å². The summed E-state index contributed by atoms with van der Waals surface area (Å²) in [7, 11) is 0. The van der Waals surface area contributed by atoms with Crippen molar-refractivity contribution in [1.29, 1.82) is 0 Å². The fraction of sp³-hybridized carbons (Fsp3) is 0.579. The number of fused-ring (bicyclic) bond motifs is 1. The number of hydrogen-bond donors (Lipinski definition) is 0. The van der Waals surface area contributed by atoms with Crippen molar-refractivity contribution in [1.82, 2.24) is 4.90 Å². The molecule has 1 atom stereocenters. The first-order valence-corrected chi connectivity index (χ1v) is 8.77. The molecule has 1 aromatic rings. The SMILES string of the molecule is O=C1CC2(CCN(C(=O)C3CCCCC3)C2)Oc2ccccc21. The van der Waals surface area contributed by atoms with Crippen molar-refractivity contribution in [2.45, 2.75) is 50.5 Å². The van der Waals surface area contributed by atoms with E-state index >= 15 is 0 Å². The summed E-state index contributed by atoms with van der Waals surface area (Å²) in [6, 6.07) is 7.45. The summed E-state index contributed by atoms with van der Waals surface area (Å²) in [5, 5.41) is 0. The number of benzene rings is 1. The standard InChI is InChI=1S/C19H23NO3/c21-16-12-19(23-17-9-5-4-8-15(16)17)10-11-20(13-19)18(22)14-6-2-1-3-7-14/h4-5,8-9,14H,1-3,6-7,10-13H2. The van der Waals surface area contributed by atoms with Gasteiger partial charge in [-0.2, -0.15) is 0 Å². The fourth-order valence-electron chi connectivity index (χ4n) is 4.31. The van der Waals surface area contributed by atoms with Gasteiger partial charge in [0.25, 0.3) is 0 Å². The minimum Gasteiger partial charge on any atom is -0.484 e. The molecule has 0 bridgehead atoms. The number of carbonyl (C=O) groups is 2. The summed E-state index contributed by atoms with van der Waals surface area (Å²) < 4.78 is 6.20. The van der Waals surface area contributed by atoms with Crippen LogP contribution >= 0.6 is 0 Å². The molecule has 2 heterocycles. The Morgan fingerprint density at radius 1 is 1.17 bits per heavy atom. The molecule has 1 spiro atoms. The lowest BCUT2D eigenvalue weighted by atomic mass is 9.88. The molecule has 1 aromatic carbocycles. The maximum absolute atomic E-state index is 12.7. The molecule has 1 amide bonds. The predicted octanol–water partition coefficient (Wildman–Crippen LogP) is 3.20. The van der Waals surface area contributed by atoms with Gasteiger partial charge < -0.3 is 9.64 Å². The van der Waals surface area contributed by atoms with E-state index in [1.54, 1.807) is 0 Å². The van der Waals surface area contributed by atoms with Crippen LogP contribution in [-0.2, 0) is 4.79 Å².